The quantitative estimate of drug-likeness (QED) is 0.109. The van der Waals surface area contributed by atoms with Gasteiger partial charge in [0.1, 0.15) is 17.6 Å². The number of urea groups is 1. The van der Waals surface area contributed by atoms with Crippen molar-refractivity contribution in [3.05, 3.63) is 144 Å². The van der Waals surface area contributed by atoms with Gasteiger partial charge >= 0.3 is 12.0 Å². The fourth-order valence-corrected chi connectivity index (χ4v) is 9.18. The van der Waals surface area contributed by atoms with E-state index in [-0.39, 0.29) is 30.8 Å². The highest BCUT2D eigenvalue weighted by atomic mass is 16.5. The lowest BCUT2D eigenvalue weighted by molar-refractivity contribution is -0.155. The zero-order valence-electron chi connectivity index (χ0n) is 30.4. The van der Waals surface area contributed by atoms with Crippen molar-refractivity contribution in [1.29, 1.82) is 0 Å². The van der Waals surface area contributed by atoms with Crippen molar-refractivity contribution >= 4 is 12.0 Å². The van der Waals surface area contributed by atoms with Gasteiger partial charge in [0.15, 0.2) is 0 Å². The summed E-state index contributed by atoms with van der Waals surface area (Å²) in [6.45, 7) is 0.801. The summed E-state index contributed by atoms with van der Waals surface area (Å²) < 4.78 is 6.00. The van der Waals surface area contributed by atoms with Crippen LogP contribution in [0.5, 0.6) is 0 Å². The van der Waals surface area contributed by atoms with Gasteiger partial charge in [0, 0.05) is 31.0 Å². The number of carbonyl (C=O) groups excluding carboxylic acids is 2. The molecule has 8 nitrogen and oxygen atoms in total. The molecule has 1 saturated carbocycles. The second kappa shape index (κ2) is 17.1. The summed E-state index contributed by atoms with van der Waals surface area (Å²) >= 11 is 0. The van der Waals surface area contributed by atoms with E-state index in [0.717, 1.165) is 75.5 Å². The zero-order valence-corrected chi connectivity index (χ0v) is 30.4. The smallest absolute Gasteiger partial charge is 0.316 e. The summed E-state index contributed by atoms with van der Waals surface area (Å²) in [5.41, 5.74) is 1.52. The molecule has 1 aliphatic carbocycles. The van der Waals surface area contributed by atoms with Crippen molar-refractivity contribution in [2.24, 2.45) is 5.92 Å². The highest BCUT2D eigenvalue weighted by Crippen LogP contribution is 2.42. The molecule has 7 rings (SSSR count). The first-order chi connectivity index (χ1) is 25.9. The van der Waals surface area contributed by atoms with Crippen molar-refractivity contribution in [3.63, 3.8) is 0 Å². The van der Waals surface area contributed by atoms with Gasteiger partial charge in [-0.05, 0) is 79.7 Å². The SMILES string of the molecule is O=C(NC1CCC(CCN2C3CCC2CC(OC(=O)C(CO)c2ccccc2)C3)CC1)N[C@@H](c1ccccc1)C(O)(c1ccccc1)c1ccccc1. The second-order valence-corrected chi connectivity index (χ2v) is 15.3. The molecule has 2 saturated heterocycles. The fraction of sp³-hybridized carbons (Fsp3) is 0.422. The van der Waals surface area contributed by atoms with Crippen molar-refractivity contribution in [2.75, 3.05) is 13.2 Å². The number of benzene rings is 4. The van der Waals surface area contributed by atoms with Crippen LogP contribution < -0.4 is 10.6 Å². The van der Waals surface area contributed by atoms with Crippen LogP contribution in [0.15, 0.2) is 121 Å². The molecular formula is C45H53N3O5. The molecule has 2 bridgehead atoms. The average Bonchev–Trinajstić information content (AvgIpc) is 3.45. The van der Waals surface area contributed by atoms with E-state index in [1.807, 2.05) is 121 Å². The number of nitrogens with zero attached hydrogens (tertiary/aromatic N) is 1. The third kappa shape index (κ3) is 8.51. The molecule has 53 heavy (non-hydrogen) atoms. The Kier molecular flexibility index (Phi) is 11.9. The van der Waals surface area contributed by atoms with Crippen molar-refractivity contribution in [1.82, 2.24) is 15.5 Å². The number of nitrogens with one attached hydrogen (secondary N) is 2. The van der Waals surface area contributed by atoms with E-state index < -0.39 is 17.6 Å². The van der Waals surface area contributed by atoms with Crippen LogP contribution in [0.1, 0.15) is 92.0 Å². The average molecular weight is 716 g/mol. The van der Waals surface area contributed by atoms with Gasteiger partial charge in [-0.3, -0.25) is 9.69 Å². The third-order valence-corrected chi connectivity index (χ3v) is 12.0. The number of rotatable bonds is 13. The van der Waals surface area contributed by atoms with E-state index in [2.05, 4.69) is 15.5 Å². The van der Waals surface area contributed by atoms with E-state index in [1.165, 1.54) is 0 Å². The lowest BCUT2D eigenvalue weighted by Crippen LogP contribution is -2.50. The second-order valence-electron chi connectivity index (χ2n) is 15.3. The Morgan fingerprint density at radius 3 is 1.75 bits per heavy atom. The number of esters is 1. The topological polar surface area (TPSA) is 111 Å². The molecule has 4 aromatic carbocycles. The van der Waals surface area contributed by atoms with Crippen LogP contribution in [-0.4, -0.2) is 64.5 Å². The molecule has 2 heterocycles. The van der Waals surface area contributed by atoms with Crippen LogP contribution in [-0.2, 0) is 15.1 Å². The van der Waals surface area contributed by atoms with E-state index in [1.54, 1.807) is 0 Å². The fourth-order valence-electron chi connectivity index (χ4n) is 9.18. The minimum Gasteiger partial charge on any atom is -0.462 e. The summed E-state index contributed by atoms with van der Waals surface area (Å²) in [6.07, 6.45) is 9.01. The van der Waals surface area contributed by atoms with Gasteiger partial charge in [-0.1, -0.05) is 121 Å². The van der Waals surface area contributed by atoms with Crippen molar-refractivity contribution in [3.8, 4) is 0 Å². The largest absolute Gasteiger partial charge is 0.462 e. The molecule has 0 radical (unpaired) electrons. The van der Waals surface area contributed by atoms with Crippen LogP contribution in [0, 0.1) is 5.92 Å². The maximum Gasteiger partial charge on any atom is 0.316 e. The molecular weight excluding hydrogens is 663 g/mol. The molecule has 2 amide bonds. The maximum absolute atomic E-state index is 13.7. The Balaban J connectivity index is 0.912. The Morgan fingerprint density at radius 2 is 1.23 bits per heavy atom. The van der Waals surface area contributed by atoms with Gasteiger partial charge in [-0.25, -0.2) is 4.79 Å². The Bertz CT molecular complexity index is 1700. The Hall–Kier alpha value is -4.50. The maximum atomic E-state index is 13.7. The molecule has 4 aromatic rings. The summed E-state index contributed by atoms with van der Waals surface area (Å²) in [7, 11) is 0. The van der Waals surface area contributed by atoms with Gasteiger partial charge < -0.3 is 25.6 Å². The van der Waals surface area contributed by atoms with Crippen molar-refractivity contribution < 1.29 is 24.5 Å². The molecule has 278 valence electrons. The van der Waals surface area contributed by atoms with Crippen LogP contribution >= 0.6 is 0 Å². The molecule has 3 aliphatic rings. The predicted octanol–water partition coefficient (Wildman–Crippen LogP) is 7.23. The molecule has 0 spiro atoms. The molecule has 3 fully saturated rings. The van der Waals surface area contributed by atoms with Gasteiger partial charge in [0.25, 0.3) is 0 Å². The number of hydrogen-bond acceptors (Lipinski definition) is 6. The number of aliphatic hydroxyl groups excluding tert-OH is 1. The number of carbonyl (C=O) groups is 2. The molecule has 8 heteroatoms. The summed E-state index contributed by atoms with van der Waals surface area (Å²) in [4.78, 5) is 29.4. The van der Waals surface area contributed by atoms with Gasteiger partial charge in [0.2, 0.25) is 0 Å². The Morgan fingerprint density at radius 1 is 0.717 bits per heavy atom. The highest BCUT2D eigenvalue weighted by molar-refractivity contribution is 5.78. The van der Waals surface area contributed by atoms with Crippen LogP contribution in [0.3, 0.4) is 0 Å². The number of aliphatic hydroxyl groups is 2. The molecule has 4 atom stereocenters. The summed E-state index contributed by atoms with van der Waals surface area (Å²) in [5, 5.41) is 29.0. The molecule has 4 N–H and O–H groups in total. The lowest BCUT2D eigenvalue weighted by atomic mass is 9.77. The van der Waals surface area contributed by atoms with E-state index >= 15 is 0 Å². The minimum atomic E-state index is -1.50. The van der Waals surface area contributed by atoms with Crippen molar-refractivity contribution in [2.45, 2.75) is 99.6 Å². The zero-order chi connectivity index (χ0) is 36.6. The number of piperidine rings is 1. The monoisotopic (exact) mass is 715 g/mol. The first kappa shape index (κ1) is 36.8. The molecule has 3 unspecified atom stereocenters. The minimum absolute atomic E-state index is 0.0736. The Labute approximate surface area is 313 Å². The first-order valence-corrected chi connectivity index (χ1v) is 19.5. The molecule has 2 aliphatic heterocycles. The van der Waals surface area contributed by atoms with Gasteiger partial charge in [-0.2, -0.15) is 0 Å². The predicted molar refractivity (Wildman–Crippen MR) is 206 cm³/mol. The summed E-state index contributed by atoms with van der Waals surface area (Å²) in [6, 6.07) is 38.2. The number of hydrogen-bond donors (Lipinski definition) is 4. The van der Waals surface area contributed by atoms with E-state index in [4.69, 9.17) is 4.74 Å². The lowest BCUT2D eigenvalue weighted by Gasteiger charge is -2.40. The van der Waals surface area contributed by atoms with Gasteiger partial charge in [0.05, 0.1) is 12.6 Å². The van der Waals surface area contributed by atoms with E-state index in [0.29, 0.717) is 29.1 Å². The number of amides is 2. The van der Waals surface area contributed by atoms with Gasteiger partial charge in [-0.15, -0.1) is 0 Å². The summed E-state index contributed by atoms with van der Waals surface area (Å²) in [5.74, 6) is -0.352. The number of ether oxygens (including phenoxy) is 1. The first-order valence-electron chi connectivity index (χ1n) is 19.5. The number of fused-ring (bicyclic) bond motifs is 2. The van der Waals surface area contributed by atoms with E-state index in [9.17, 15) is 19.8 Å². The van der Waals surface area contributed by atoms with Crippen LogP contribution in [0.4, 0.5) is 4.79 Å². The molecule has 0 aromatic heterocycles. The highest BCUT2D eigenvalue weighted by Gasteiger charge is 2.44. The standard InChI is InChI=1S/C45H53N3O5/c49-31-41(33-13-5-1-6-14-33)43(50)53-40-29-38-25-26-39(30-40)48(38)28-27-32-21-23-37(24-22-32)46-44(51)47-42(34-15-7-2-8-16-34)45(52,35-17-9-3-10-18-35)36-19-11-4-12-20-36/h1-20,32,37-42,49,52H,21-31H2,(H2,46,47,51)/t32?,37?,38?,39?,40?,41?,42-/m0/s1. The van der Waals surface area contributed by atoms with Crippen LogP contribution in [0.25, 0.3) is 0 Å². The normalized spacial score (nSPS) is 24.2. The third-order valence-electron chi connectivity index (χ3n) is 12.0. The van der Waals surface area contributed by atoms with Crippen LogP contribution in [0.2, 0.25) is 0 Å².